The molecule has 0 spiro atoms. The highest BCUT2D eigenvalue weighted by Crippen LogP contribution is 2.26. The van der Waals surface area contributed by atoms with Crippen molar-refractivity contribution in [2.45, 2.75) is 32.2 Å². The highest BCUT2D eigenvalue weighted by Gasteiger charge is 2.28. The lowest BCUT2D eigenvalue weighted by atomic mass is 9.95. The zero-order valence-corrected chi connectivity index (χ0v) is 11.5. The minimum absolute atomic E-state index is 0.250. The Morgan fingerprint density at radius 2 is 2.20 bits per heavy atom. The molecule has 1 aromatic carbocycles. The van der Waals surface area contributed by atoms with Crippen LogP contribution in [-0.4, -0.2) is 29.6 Å². The van der Waals surface area contributed by atoms with E-state index < -0.39 is 12.0 Å². The van der Waals surface area contributed by atoms with Crippen LogP contribution in [0.2, 0.25) is 0 Å². The SMILES string of the molecule is CCCC(NC(=O)C1COc2ccccc2C1)C(=O)O. The monoisotopic (exact) mass is 277 g/mol. The first-order chi connectivity index (χ1) is 9.61. The van der Waals surface area contributed by atoms with Gasteiger partial charge in [0.25, 0.3) is 0 Å². The molecule has 0 bridgehead atoms. The molecule has 1 heterocycles. The summed E-state index contributed by atoms with van der Waals surface area (Å²) in [5.74, 6) is -0.763. The number of nitrogens with one attached hydrogen (secondary N) is 1. The first kappa shape index (κ1) is 14.4. The fourth-order valence-electron chi connectivity index (χ4n) is 2.33. The minimum atomic E-state index is -0.989. The Balaban J connectivity index is 1.99. The number of carbonyl (C=O) groups is 2. The van der Waals surface area contributed by atoms with Crippen molar-refractivity contribution in [3.05, 3.63) is 29.8 Å². The molecule has 1 amide bonds. The predicted molar refractivity (Wildman–Crippen MR) is 73.6 cm³/mol. The number of hydrogen-bond donors (Lipinski definition) is 2. The van der Waals surface area contributed by atoms with E-state index in [0.29, 0.717) is 25.9 Å². The molecule has 2 N–H and O–H groups in total. The summed E-state index contributed by atoms with van der Waals surface area (Å²) in [5, 5.41) is 11.7. The smallest absolute Gasteiger partial charge is 0.326 e. The molecule has 0 radical (unpaired) electrons. The van der Waals surface area contributed by atoms with Crippen molar-refractivity contribution in [1.82, 2.24) is 5.32 Å². The van der Waals surface area contributed by atoms with Gasteiger partial charge in [0, 0.05) is 0 Å². The summed E-state index contributed by atoms with van der Waals surface area (Å²) < 4.78 is 5.55. The first-order valence-electron chi connectivity index (χ1n) is 6.85. The molecule has 108 valence electrons. The van der Waals surface area contributed by atoms with Gasteiger partial charge in [0.1, 0.15) is 18.4 Å². The summed E-state index contributed by atoms with van der Waals surface area (Å²) in [7, 11) is 0. The second kappa shape index (κ2) is 6.41. The van der Waals surface area contributed by atoms with Gasteiger partial charge >= 0.3 is 5.97 Å². The Labute approximate surface area is 117 Å². The lowest BCUT2D eigenvalue weighted by molar-refractivity contribution is -0.143. The van der Waals surface area contributed by atoms with Crippen LogP contribution in [0.3, 0.4) is 0 Å². The summed E-state index contributed by atoms with van der Waals surface area (Å²) >= 11 is 0. The van der Waals surface area contributed by atoms with Gasteiger partial charge in [-0.15, -0.1) is 0 Å². The van der Waals surface area contributed by atoms with E-state index in [9.17, 15) is 9.59 Å². The second-order valence-corrected chi connectivity index (χ2v) is 5.01. The number of rotatable bonds is 5. The van der Waals surface area contributed by atoms with Crippen molar-refractivity contribution in [2.24, 2.45) is 5.92 Å². The molecule has 20 heavy (non-hydrogen) atoms. The Morgan fingerprint density at radius 3 is 2.90 bits per heavy atom. The van der Waals surface area contributed by atoms with E-state index >= 15 is 0 Å². The Morgan fingerprint density at radius 1 is 1.45 bits per heavy atom. The third-order valence-electron chi connectivity index (χ3n) is 3.44. The number of fused-ring (bicyclic) bond motifs is 1. The number of benzene rings is 1. The topological polar surface area (TPSA) is 75.6 Å². The lowest BCUT2D eigenvalue weighted by Gasteiger charge is -2.25. The molecule has 2 atom stereocenters. The van der Waals surface area contributed by atoms with Crippen molar-refractivity contribution in [3.63, 3.8) is 0 Å². The molecule has 0 aliphatic carbocycles. The molecular weight excluding hydrogens is 258 g/mol. The van der Waals surface area contributed by atoms with Crippen molar-refractivity contribution in [3.8, 4) is 5.75 Å². The average Bonchev–Trinajstić information content (AvgIpc) is 2.46. The lowest BCUT2D eigenvalue weighted by Crippen LogP contribution is -2.46. The molecule has 0 aromatic heterocycles. The van der Waals surface area contributed by atoms with E-state index in [1.807, 2.05) is 31.2 Å². The zero-order valence-electron chi connectivity index (χ0n) is 11.5. The van der Waals surface area contributed by atoms with Crippen LogP contribution in [-0.2, 0) is 16.0 Å². The van der Waals surface area contributed by atoms with Crippen LogP contribution in [0.25, 0.3) is 0 Å². The molecule has 0 saturated heterocycles. The highest BCUT2D eigenvalue weighted by molar-refractivity contribution is 5.85. The molecule has 2 rings (SSSR count). The fourth-order valence-corrected chi connectivity index (χ4v) is 2.33. The maximum Gasteiger partial charge on any atom is 0.326 e. The summed E-state index contributed by atoms with van der Waals surface area (Å²) in [5.41, 5.74) is 0.987. The largest absolute Gasteiger partial charge is 0.492 e. The molecule has 0 fully saturated rings. The van der Waals surface area contributed by atoms with E-state index in [4.69, 9.17) is 9.84 Å². The number of para-hydroxylation sites is 1. The maximum atomic E-state index is 12.1. The molecule has 1 aliphatic rings. The van der Waals surface area contributed by atoms with Crippen LogP contribution in [0, 0.1) is 5.92 Å². The van der Waals surface area contributed by atoms with Gasteiger partial charge in [-0.3, -0.25) is 4.79 Å². The van der Waals surface area contributed by atoms with Crippen molar-refractivity contribution < 1.29 is 19.4 Å². The maximum absolute atomic E-state index is 12.1. The van der Waals surface area contributed by atoms with Gasteiger partial charge < -0.3 is 15.2 Å². The number of carbonyl (C=O) groups excluding carboxylic acids is 1. The van der Waals surface area contributed by atoms with Crippen LogP contribution in [0.4, 0.5) is 0 Å². The zero-order chi connectivity index (χ0) is 14.5. The Kier molecular flexibility index (Phi) is 4.61. The molecule has 5 heteroatoms. The van der Waals surface area contributed by atoms with Gasteiger partial charge in [0.15, 0.2) is 0 Å². The molecule has 1 aromatic rings. The van der Waals surface area contributed by atoms with Crippen molar-refractivity contribution in [1.29, 1.82) is 0 Å². The van der Waals surface area contributed by atoms with Gasteiger partial charge in [0.2, 0.25) is 5.91 Å². The third-order valence-corrected chi connectivity index (χ3v) is 3.44. The van der Waals surface area contributed by atoms with E-state index in [2.05, 4.69) is 5.32 Å². The Hall–Kier alpha value is -2.04. The molecule has 2 unspecified atom stereocenters. The summed E-state index contributed by atoms with van der Waals surface area (Å²) in [6.07, 6.45) is 1.73. The van der Waals surface area contributed by atoms with Crippen LogP contribution in [0.15, 0.2) is 24.3 Å². The summed E-state index contributed by atoms with van der Waals surface area (Å²) in [4.78, 5) is 23.2. The second-order valence-electron chi connectivity index (χ2n) is 5.01. The predicted octanol–water partition coefficient (Wildman–Crippen LogP) is 1.61. The normalized spacial score (nSPS) is 18.6. The molecular formula is C15H19NO4. The standard InChI is InChI=1S/C15H19NO4/c1-2-5-12(15(18)19)16-14(17)11-8-10-6-3-4-7-13(10)20-9-11/h3-4,6-7,11-12H,2,5,8-9H2,1H3,(H,16,17)(H,18,19). The molecule has 0 saturated carbocycles. The highest BCUT2D eigenvalue weighted by atomic mass is 16.5. The molecule has 5 nitrogen and oxygen atoms in total. The molecule has 1 aliphatic heterocycles. The van der Waals surface area contributed by atoms with Crippen LogP contribution >= 0.6 is 0 Å². The average molecular weight is 277 g/mol. The van der Waals surface area contributed by atoms with Gasteiger partial charge in [-0.1, -0.05) is 31.5 Å². The Bertz CT molecular complexity index is 500. The van der Waals surface area contributed by atoms with E-state index in [1.54, 1.807) is 0 Å². The van der Waals surface area contributed by atoms with E-state index in [-0.39, 0.29) is 11.8 Å². The van der Waals surface area contributed by atoms with Crippen LogP contribution in [0.5, 0.6) is 5.75 Å². The van der Waals surface area contributed by atoms with Crippen LogP contribution in [0.1, 0.15) is 25.3 Å². The van der Waals surface area contributed by atoms with Gasteiger partial charge in [-0.2, -0.15) is 0 Å². The van der Waals surface area contributed by atoms with Gasteiger partial charge in [-0.25, -0.2) is 4.79 Å². The quantitative estimate of drug-likeness (QED) is 0.857. The third kappa shape index (κ3) is 3.29. The van der Waals surface area contributed by atoms with Gasteiger partial charge in [0.05, 0.1) is 5.92 Å². The van der Waals surface area contributed by atoms with Crippen molar-refractivity contribution >= 4 is 11.9 Å². The number of aliphatic carboxylic acids is 1. The van der Waals surface area contributed by atoms with Crippen LogP contribution < -0.4 is 10.1 Å². The number of hydrogen-bond acceptors (Lipinski definition) is 3. The number of amides is 1. The van der Waals surface area contributed by atoms with E-state index in [1.165, 1.54) is 0 Å². The number of carboxylic acids is 1. The van der Waals surface area contributed by atoms with Crippen molar-refractivity contribution in [2.75, 3.05) is 6.61 Å². The minimum Gasteiger partial charge on any atom is -0.492 e. The summed E-state index contributed by atoms with van der Waals surface area (Å²) in [6.45, 7) is 2.18. The first-order valence-corrected chi connectivity index (χ1v) is 6.85. The number of carboxylic acid groups (broad SMARTS) is 1. The number of ether oxygens (including phenoxy) is 1. The summed E-state index contributed by atoms with van der Waals surface area (Å²) in [6, 6.07) is 6.78. The van der Waals surface area contributed by atoms with E-state index in [0.717, 1.165) is 11.3 Å². The van der Waals surface area contributed by atoms with Gasteiger partial charge in [-0.05, 0) is 24.5 Å². The fraction of sp³-hybridized carbons (Fsp3) is 0.467.